The number of carbonyl (C=O) groups is 2. The van der Waals surface area contributed by atoms with Crippen LogP contribution in [0.2, 0.25) is 0 Å². The number of para-hydroxylation sites is 2. The van der Waals surface area contributed by atoms with E-state index < -0.39 is 6.17 Å². The topological polar surface area (TPSA) is 79.0 Å². The minimum atomic E-state index is -1.02. The molecule has 2 aromatic carbocycles. The zero-order chi connectivity index (χ0) is 19.6. The van der Waals surface area contributed by atoms with Gasteiger partial charge in [-0.3, -0.25) is 19.5 Å². The normalized spacial score (nSPS) is 16.6. The lowest BCUT2D eigenvalue weighted by Gasteiger charge is -2.31. The highest BCUT2D eigenvalue weighted by molar-refractivity contribution is 6.14. The zero-order valence-corrected chi connectivity index (χ0v) is 15.8. The van der Waals surface area contributed by atoms with Crippen LogP contribution in [0, 0.1) is 0 Å². The van der Waals surface area contributed by atoms with Crippen LogP contribution in [0.15, 0.2) is 59.6 Å². The monoisotopic (exact) mass is 364 g/mol. The summed E-state index contributed by atoms with van der Waals surface area (Å²) in [6.07, 6.45) is -1.02. The average molecular weight is 364 g/mol. The van der Waals surface area contributed by atoms with Gasteiger partial charge in [0.2, 0.25) is 5.91 Å². The van der Waals surface area contributed by atoms with Gasteiger partial charge in [-0.25, -0.2) is 0 Å². The Hall–Kier alpha value is -2.99. The van der Waals surface area contributed by atoms with Crippen LogP contribution in [0.1, 0.15) is 26.3 Å². The minimum absolute atomic E-state index is 0.0520. The lowest BCUT2D eigenvalue weighted by atomic mass is 10.1. The molecule has 1 unspecified atom stereocenters. The Balaban J connectivity index is 1.96. The second kappa shape index (κ2) is 7.72. The van der Waals surface area contributed by atoms with E-state index >= 15 is 0 Å². The van der Waals surface area contributed by atoms with Gasteiger partial charge in [-0.1, -0.05) is 36.4 Å². The molecule has 6 heteroatoms. The van der Waals surface area contributed by atoms with Gasteiger partial charge in [0.15, 0.2) is 6.17 Å². The predicted molar refractivity (Wildman–Crippen MR) is 108 cm³/mol. The SMILES string of the molecule is CC1=NC(N)C(=O)N(CC(=O)N(c2ccccc2)C(C)C)c2ccccc21. The molecule has 0 saturated carbocycles. The Morgan fingerprint density at radius 1 is 1.15 bits per heavy atom. The maximum absolute atomic E-state index is 13.2. The van der Waals surface area contributed by atoms with E-state index in [-0.39, 0.29) is 24.4 Å². The van der Waals surface area contributed by atoms with Crippen molar-refractivity contribution in [3.63, 3.8) is 0 Å². The lowest BCUT2D eigenvalue weighted by molar-refractivity contribution is -0.123. The second-order valence-corrected chi connectivity index (χ2v) is 6.79. The molecule has 27 heavy (non-hydrogen) atoms. The number of benzene rings is 2. The molecule has 2 N–H and O–H groups in total. The Kier molecular flexibility index (Phi) is 5.37. The number of hydrogen-bond donors (Lipinski definition) is 1. The molecule has 1 atom stereocenters. The largest absolute Gasteiger partial charge is 0.308 e. The fourth-order valence-corrected chi connectivity index (χ4v) is 3.32. The van der Waals surface area contributed by atoms with E-state index in [9.17, 15) is 9.59 Å². The number of anilines is 2. The Labute approximate surface area is 159 Å². The average Bonchev–Trinajstić information content (AvgIpc) is 2.73. The van der Waals surface area contributed by atoms with E-state index in [0.717, 1.165) is 11.3 Å². The first kappa shape index (κ1) is 18.8. The van der Waals surface area contributed by atoms with E-state index in [1.807, 2.05) is 75.4 Å². The summed E-state index contributed by atoms with van der Waals surface area (Å²) in [5.41, 5.74) is 8.90. The van der Waals surface area contributed by atoms with Gasteiger partial charge in [0.1, 0.15) is 6.54 Å². The van der Waals surface area contributed by atoms with Crippen LogP contribution in [0.5, 0.6) is 0 Å². The van der Waals surface area contributed by atoms with E-state index in [2.05, 4.69) is 4.99 Å². The van der Waals surface area contributed by atoms with Crippen LogP contribution in [-0.2, 0) is 9.59 Å². The number of amides is 2. The summed E-state index contributed by atoms with van der Waals surface area (Å²) in [5.74, 6) is -0.560. The summed E-state index contributed by atoms with van der Waals surface area (Å²) < 4.78 is 0. The summed E-state index contributed by atoms with van der Waals surface area (Å²) in [6.45, 7) is 5.62. The van der Waals surface area contributed by atoms with Crippen LogP contribution in [0.3, 0.4) is 0 Å². The van der Waals surface area contributed by atoms with Crippen LogP contribution in [0.25, 0.3) is 0 Å². The molecule has 140 valence electrons. The van der Waals surface area contributed by atoms with E-state index in [1.54, 1.807) is 4.90 Å². The number of fused-ring (bicyclic) bond motifs is 1. The second-order valence-electron chi connectivity index (χ2n) is 6.79. The molecule has 0 saturated heterocycles. The third kappa shape index (κ3) is 3.75. The quantitative estimate of drug-likeness (QED) is 0.905. The van der Waals surface area contributed by atoms with Crippen molar-refractivity contribution in [2.45, 2.75) is 33.0 Å². The van der Waals surface area contributed by atoms with Crippen molar-refractivity contribution in [1.29, 1.82) is 0 Å². The highest BCUT2D eigenvalue weighted by Crippen LogP contribution is 2.26. The summed E-state index contributed by atoms with van der Waals surface area (Å²) >= 11 is 0. The van der Waals surface area contributed by atoms with E-state index in [4.69, 9.17) is 5.73 Å². The molecule has 0 fully saturated rings. The van der Waals surface area contributed by atoms with Crippen molar-refractivity contribution in [2.24, 2.45) is 10.7 Å². The van der Waals surface area contributed by atoms with Crippen LogP contribution in [0.4, 0.5) is 11.4 Å². The molecule has 2 amide bonds. The minimum Gasteiger partial charge on any atom is -0.308 e. The molecule has 2 aromatic rings. The Bertz CT molecular complexity index is 877. The third-order valence-electron chi connectivity index (χ3n) is 4.55. The van der Waals surface area contributed by atoms with Crippen molar-refractivity contribution in [1.82, 2.24) is 0 Å². The third-order valence-corrected chi connectivity index (χ3v) is 4.55. The maximum Gasteiger partial charge on any atom is 0.266 e. The molecule has 6 nitrogen and oxygen atoms in total. The molecule has 0 aromatic heterocycles. The fourth-order valence-electron chi connectivity index (χ4n) is 3.32. The van der Waals surface area contributed by atoms with Crippen molar-refractivity contribution in [3.05, 3.63) is 60.2 Å². The molecule has 0 bridgehead atoms. The van der Waals surface area contributed by atoms with Gasteiger partial charge >= 0.3 is 0 Å². The smallest absolute Gasteiger partial charge is 0.266 e. The molecular weight excluding hydrogens is 340 g/mol. The number of aliphatic imine (C=N–C) groups is 1. The summed E-state index contributed by atoms with van der Waals surface area (Å²) in [7, 11) is 0. The first-order valence-electron chi connectivity index (χ1n) is 8.98. The van der Waals surface area contributed by atoms with Crippen LogP contribution >= 0.6 is 0 Å². The molecule has 1 aliphatic heterocycles. The fraction of sp³-hybridized carbons (Fsp3) is 0.286. The van der Waals surface area contributed by atoms with E-state index in [0.29, 0.717) is 11.4 Å². The van der Waals surface area contributed by atoms with Gasteiger partial charge in [-0.15, -0.1) is 0 Å². The molecule has 1 heterocycles. The molecule has 3 rings (SSSR count). The standard InChI is InChI=1S/C21H24N4O2/c1-14(2)25(16-9-5-4-6-10-16)19(26)13-24-18-12-8-7-11-17(18)15(3)23-20(22)21(24)27/h4-12,14,20H,13,22H2,1-3H3. The maximum atomic E-state index is 13.2. The molecular formula is C21H24N4O2. The number of nitrogens with two attached hydrogens (primary N) is 1. The van der Waals surface area contributed by atoms with Gasteiger partial charge in [0.05, 0.1) is 5.69 Å². The number of carbonyl (C=O) groups excluding carboxylic acids is 2. The summed E-state index contributed by atoms with van der Waals surface area (Å²) in [5, 5.41) is 0. The van der Waals surface area contributed by atoms with Crippen molar-refractivity contribution < 1.29 is 9.59 Å². The van der Waals surface area contributed by atoms with Crippen LogP contribution in [-0.4, -0.2) is 36.3 Å². The number of nitrogens with zero attached hydrogens (tertiary/aromatic N) is 3. The highest BCUT2D eigenvalue weighted by atomic mass is 16.2. The molecule has 0 radical (unpaired) electrons. The number of hydrogen-bond acceptors (Lipinski definition) is 4. The van der Waals surface area contributed by atoms with Crippen LogP contribution < -0.4 is 15.5 Å². The highest BCUT2D eigenvalue weighted by Gasteiger charge is 2.31. The lowest BCUT2D eigenvalue weighted by Crippen LogP contribution is -2.49. The van der Waals surface area contributed by atoms with Crippen molar-refractivity contribution >= 4 is 28.9 Å². The zero-order valence-electron chi connectivity index (χ0n) is 15.8. The molecule has 0 aliphatic carbocycles. The van der Waals surface area contributed by atoms with Gasteiger partial charge in [0, 0.05) is 23.0 Å². The predicted octanol–water partition coefficient (Wildman–Crippen LogP) is 2.57. The van der Waals surface area contributed by atoms with Gasteiger partial charge in [-0.05, 0) is 39.0 Å². The number of rotatable bonds is 4. The summed E-state index contributed by atoms with van der Waals surface area (Å²) in [6, 6.07) is 16.8. The number of benzodiazepines with no additional fused rings is 1. The first-order chi connectivity index (χ1) is 12.9. The van der Waals surface area contributed by atoms with Gasteiger partial charge < -0.3 is 10.6 Å². The molecule has 1 aliphatic rings. The van der Waals surface area contributed by atoms with Gasteiger partial charge in [0.25, 0.3) is 5.91 Å². The first-order valence-corrected chi connectivity index (χ1v) is 8.98. The van der Waals surface area contributed by atoms with E-state index in [1.165, 1.54) is 4.90 Å². The van der Waals surface area contributed by atoms with Gasteiger partial charge in [-0.2, -0.15) is 0 Å². The van der Waals surface area contributed by atoms with Crippen molar-refractivity contribution in [2.75, 3.05) is 16.3 Å². The van der Waals surface area contributed by atoms with Crippen molar-refractivity contribution in [3.8, 4) is 0 Å². The summed E-state index contributed by atoms with van der Waals surface area (Å²) in [4.78, 5) is 33.4. The molecule has 0 spiro atoms. The Morgan fingerprint density at radius 3 is 2.44 bits per heavy atom. The Morgan fingerprint density at radius 2 is 1.78 bits per heavy atom.